The van der Waals surface area contributed by atoms with Gasteiger partial charge in [0.05, 0.1) is 11.6 Å². The second-order valence-corrected chi connectivity index (χ2v) is 2.97. The molecule has 0 rings (SSSR count). The SMILES string of the molecule is CC(O)C(C)(C)N=C(N)NN. The first-order valence-corrected chi connectivity index (χ1v) is 3.40. The van der Waals surface area contributed by atoms with E-state index >= 15 is 0 Å². The monoisotopic (exact) mass is 160 g/mol. The molecule has 0 aliphatic heterocycles. The van der Waals surface area contributed by atoms with Crippen LogP contribution in [-0.4, -0.2) is 22.7 Å². The van der Waals surface area contributed by atoms with Crippen molar-refractivity contribution in [2.75, 3.05) is 0 Å². The maximum Gasteiger partial charge on any atom is 0.203 e. The van der Waals surface area contributed by atoms with E-state index in [1.807, 2.05) is 0 Å². The summed E-state index contributed by atoms with van der Waals surface area (Å²) in [7, 11) is 0. The Hall–Kier alpha value is -0.810. The lowest BCUT2D eigenvalue weighted by Gasteiger charge is -2.23. The van der Waals surface area contributed by atoms with Gasteiger partial charge in [-0.25, -0.2) is 10.8 Å². The number of nitrogens with zero attached hydrogens (tertiary/aromatic N) is 1. The van der Waals surface area contributed by atoms with E-state index in [1.54, 1.807) is 20.8 Å². The Morgan fingerprint density at radius 2 is 2.09 bits per heavy atom. The third-order valence-electron chi connectivity index (χ3n) is 1.58. The highest BCUT2D eigenvalue weighted by molar-refractivity contribution is 5.77. The van der Waals surface area contributed by atoms with Crippen molar-refractivity contribution >= 4 is 5.96 Å². The van der Waals surface area contributed by atoms with Crippen molar-refractivity contribution in [3.8, 4) is 0 Å². The Bertz CT molecular complexity index is 153. The van der Waals surface area contributed by atoms with E-state index in [2.05, 4.69) is 10.4 Å². The van der Waals surface area contributed by atoms with Crippen LogP contribution in [-0.2, 0) is 0 Å². The van der Waals surface area contributed by atoms with Crippen LogP contribution in [0.15, 0.2) is 4.99 Å². The van der Waals surface area contributed by atoms with Crippen LogP contribution in [0.5, 0.6) is 0 Å². The van der Waals surface area contributed by atoms with E-state index in [4.69, 9.17) is 11.6 Å². The third-order valence-corrected chi connectivity index (χ3v) is 1.58. The molecule has 0 spiro atoms. The maximum atomic E-state index is 9.19. The number of hydrazine groups is 1. The second kappa shape index (κ2) is 3.54. The van der Waals surface area contributed by atoms with Crippen molar-refractivity contribution in [1.29, 1.82) is 0 Å². The summed E-state index contributed by atoms with van der Waals surface area (Å²) in [6.45, 7) is 5.18. The zero-order valence-corrected chi connectivity index (χ0v) is 7.13. The molecule has 1 atom stereocenters. The molecule has 1 unspecified atom stereocenters. The molecule has 5 nitrogen and oxygen atoms in total. The number of guanidine groups is 1. The zero-order chi connectivity index (χ0) is 9.07. The molecule has 6 N–H and O–H groups in total. The molecule has 0 radical (unpaired) electrons. The van der Waals surface area contributed by atoms with Gasteiger partial charge in [0.2, 0.25) is 5.96 Å². The van der Waals surface area contributed by atoms with E-state index in [9.17, 15) is 5.11 Å². The van der Waals surface area contributed by atoms with E-state index in [0.29, 0.717) is 0 Å². The Labute approximate surface area is 66.5 Å². The summed E-state index contributed by atoms with van der Waals surface area (Å²) in [6, 6.07) is 0. The molecule has 0 saturated carbocycles. The van der Waals surface area contributed by atoms with Gasteiger partial charge < -0.3 is 10.8 Å². The average Bonchev–Trinajstić information content (AvgIpc) is 1.86. The molecule has 5 heteroatoms. The lowest BCUT2D eigenvalue weighted by atomic mass is 10.0. The maximum absolute atomic E-state index is 9.19. The van der Waals surface area contributed by atoms with E-state index in [-0.39, 0.29) is 5.96 Å². The minimum Gasteiger partial charge on any atom is -0.391 e. The van der Waals surface area contributed by atoms with Crippen molar-refractivity contribution in [2.24, 2.45) is 16.6 Å². The van der Waals surface area contributed by atoms with Crippen molar-refractivity contribution in [3.05, 3.63) is 0 Å². The van der Waals surface area contributed by atoms with Crippen LogP contribution in [0.4, 0.5) is 0 Å². The second-order valence-electron chi connectivity index (χ2n) is 2.97. The van der Waals surface area contributed by atoms with Gasteiger partial charge in [-0.15, -0.1) is 0 Å². The van der Waals surface area contributed by atoms with Gasteiger partial charge in [0.1, 0.15) is 0 Å². The van der Waals surface area contributed by atoms with Gasteiger partial charge in [0, 0.05) is 0 Å². The normalized spacial score (nSPS) is 16.3. The van der Waals surface area contributed by atoms with Gasteiger partial charge in [-0.05, 0) is 20.8 Å². The minimum absolute atomic E-state index is 0.121. The Kier molecular flexibility index (Phi) is 3.28. The fourth-order valence-electron chi connectivity index (χ4n) is 0.436. The molecule has 0 amide bonds. The first-order valence-electron chi connectivity index (χ1n) is 3.40. The van der Waals surface area contributed by atoms with E-state index in [0.717, 1.165) is 0 Å². The molecule has 0 aromatic carbocycles. The van der Waals surface area contributed by atoms with Gasteiger partial charge in [-0.1, -0.05) is 0 Å². The Morgan fingerprint density at radius 3 is 2.36 bits per heavy atom. The number of nitrogens with two attached hydrogens (primary N) is 2. The molecule has 0 fully saturated rings. The van der Waals surface area contributed by atoms with Crippen molar-refractivity contribution in [3.63, 3.8) is 0 Å². The summed E-state index contributed by atoms with van der Waals surface area (Å²) in [5, 5.41) is 9.19. The van der Waals surface area contributed by atoms with Crippen LogP contribution in [0.2, 0.25) is 0 Å². The zero-order valence-electron chi connectivity index (χ0n) is 7.13. The van der Waals surface area contributed by atoms with Crippen LogP contribution in [0.3, 0.4) is 0 Å². The lowest BCUT2D eigenvalue weighted by molar-refractivity contribution is 0.123. The molecule has 0 aromatic rings. The quantitative estimate of drug-likeness (QED) is 0.179. The minimum atomic E-state index is -0.601. The summed E-state index contributed by atoms with van der Waals surface area (Å²) in [5.74, 6) is 5.11. The predicted octanol–water partition coefficient (Wildman–Crippen LogP) is -1.08. The fourth-order valence-corrected chi connectivity index (χ4v) is 0.436. The molecular formula is C6H16N4O. The van der Waals surface area contributed by atoms with Gasteiger partial charge in [-0.3, -0.25) is 5.43 Å². The predicted molar refractivity (Wildman–Crippen MR) is 44.7 cm³/mol. The largest absolute Gasteiger partial charge is 0.391 e. The van der Waals surface area contributed by atoms with Crippen LogP contribution in [0, 0.1) is 0 Å². The highest BCUT2D eigenvalue weighted by atomic mass is 16.3. The molecule has 0 heterocycles. The van der Waals surface area contributed by atoms with E-state index < -0.39 is 11.6 Å². The molecule has 66 valence electrons. The average molecular weight is 160 g/mol. The number of aliphatic hydroxyl groups is 1. The summed E-state index contributed by atoms with van der Waals surface area (Å²) in [6.07, 6.45) is -0.561. The number of aliphatic hydroxyl groups excluding tert-OH is 1. The summed E-state index contributed by atoms with van der Waals surface area (Å²) in [4.78, 5) is 3.94. The molecule has 0 saturated heterocycles. The van der Waals surface area contributed by atoms with E-state index in [1.165, 1.54) is 0 Å². The smallest absolute Gasteiger partial charge is 0.203 e. The van der Waals surface area contributed by atoms with Gasteiger partial charge in [0.15, 0.2) is 0 Å². The first kappa shape index (κ1) is 10.2. The summed E-state index contributed by atoms with van der Waals surface area (Å²) >= 11 is 0. The van der Waals surface area contributed by atoms with Crippen molar-refractivity contribution < 1.29 is 5.11 Å². The van der Waals surface area contributed by atoms with Crippen LogP contribution >= 0.6 is 0 Å². The molecule has 0 aliphatic rings. The van der Waals surface area contributed by atoms with Gasteiger partial charge >= 0.3 is 0 Å². The summed E-state index contributed by atoms with van der Waals surface area (Å²) in [5.41, 5.74) is 6.89. The van der Waals surface area contributed by atoms with Crippen LogP contribution in [0.25, 0.3) is 0 Å². The number of rotatable bonds is 2. The van der Waals surface area contributed by atoms with Gasteiger partial charge in [0.25, 0.3) is 0 Å². The first-order chi connectivity index (χ1) is 4.90. The number of nitrogens with one attached hydrogen (secondary N) is 1. The molecule has 11 heavy (non-hydrogen) atoms. The van der Waals surface area contributed by atoms with Gasteiger partial charge in [-0.2, -0.15) is 0 Å². The third kappa shape index (κ3) is 3.20. The Balaban J connectivity index is 4.33. The molecule has 0 bridgehead atoms. The molecular weight excluding hydrogens is 144 g/mol. The Morgan fingerprint density at radius 1 is 1.64 bits per heavy atom. The summed E-state index contributed by atoms with van der Waals surface area (Å²) < 4.78 is 0. The van der Waals surface area contributed by atoms with Crippen LogP contribution in [0.1, 0.15) is 20.8 Å². The lowest BCUT2D eigenvalue weighted by Crippen LogP contribution is -2.42. The van der Waals surface area contributed by atoms with Crippen LogP contribution < -0.4 is 17.0 Å². The number of hydrogen-bond acceptors (Lipinski definition) is 3. The fraction of sp³-hybridized carbons (Fsp3) is 0.833. The molecule has 0 aromatic heterocycles. The highest BCUT2D eigenvalue weighted by Crippen LogP contribution is 2.13. The van der Waals surface area contributed by atoms with Crippen molar-refractivity contribution in [2.45, 2.75) is 32.4 Å². The topological polar surface area (TPSA) is 96.7 Å². The highest BCUT2D eigenvalue weighted by Gasteiger charge is 2.23. The number of aliphatic imine (C=N–C) groups is 1. The standard InChI is InChI=1S/C6H16N4O/c1-4(11)6(2,3)9-5(7)10-8/h4,11H,8H2,1-3H3,(H3,7,9,10). The molecule has 0 aliphatic carbocycles. The number of hydrogen-bond donors (Lipinski definition) is 4. The van der Waals surface area contributed by atoms with Crippen molar-refractivity contribution in [1.82, 2.24) is 5.43 Å².